The van der Waals surface area contributed by atoms with Crippen LogP contribution in [0, 0.1) is 0 Å². The van der Waals surface area contributed by atoms with Gasteiger partial charge in [-0.2, -0.15) is 0 Å². The molecule has 1 N–H and O–H groups in total. The third-order valence-electron chi connectivity index (χ3n) is 3.16. The summed E-state index contributed by atoms with van der Waals surface area (Å²) >= 11 is 0. The molecular formula is C14H19NO4. The van der Waals surface area contributed by atoms with E-state index >= 15 is 0 Å². The van der Waals surface area contributed by atoms with Gasteiger partial charge in [0.05, 0.1) is 19.8 Å². The van der Waals surface area contributed by atoms with E-state index in [0.717, 1.165) is 0 Å². The lowest BCUT2D eigenvalue weighted by molar-refractivity contribution is 0.0764. The highest BCUT2D eigenvalue weighted by molar-refractivity contribution is 5.95. The van der Waals surface area contributed by atoms with E-state index < -0.39 is 6.10 Å². The van der Waals surface area contributed by atoms with E-state index in [0.29, 0.717) is 43.2 Å². The van der Waals surface area contributed by atoms with E-state index in [4.69, 9.17) is 9.47 Å². The molecule has 0 saturated carbocycles. The number of carbonyl (C=O) groups is 1. The Balaban J connectivity index is 2.18. The molecule has 104 valence electrons. The summed E-state index contributed by atoms with van der Waals surface area (Å²) in [4.78, 5) is 13.9. The van der Waals surface area contributed by atoms with E-state index in [2.05, 4.69) is 0 Å². The van der Waals surface area contributed by atoms with Crippen molar-refractivity contribution in [2.45, 2.75) is 19.4 Å². The first kappa shape index (κ1) is 13.7. The van der Waals surface area contributed by atoms with Gasteiger partial charge in [0.2, 0.25) is 0 Å². The number of amides is 1. The van der Waals surface area contributed by atoms with E-state index in [1.807, 2.05) is 6.92 Å². The molecular weight excluding hydrogens is 246 g/mol. The molecule has 1 heterocycles. The van der Waals surface area contributed by atoms with Crippen LogP contribution < -0.4 is 9.47 Å². The van der Waals surface area contributed by atoms with Gasteiger partial charge in [0.25, 0.3) is 5.91 Å². The topological polar surface area (TPSA) is 59.0 Å². The summed E-state index contributed by atoms with van der Waals surface area (Å²) in [5.74, 6) is 1.09. The quantitative estimate of drug-likeness (QED) is 0.891. The lowest BCUT2D eigenvalue weighted by Crippen LogP contribution is -2.29. The average molecular weight is 265 g/mol. The summed E-state index contributed by atoms with van der Waals surface area (Å²) < 4.78 is 10.6. The summed E-state index contributed by atoms with van der Waals surface area (Å²) in [6, 6.07) is 5.14. The maximum atomic E-state index is 12.2. The second-order valence-corrected chi connectivity index (χ2v) is 4.49. The number of benzene rings is 1. The second kappa shape index (κ2) is 5.93. The Morgan fingerprint density at radius 1 is 1.47 bits per heavy atom. The van der Waals surface area contributed by atoms with Gasteiger partial charge in [-0.25, -0.2) is 0 Å². The van der Waals surface area contributed by atoms with Crippen LogP contribution in [0.1, 0.15) is 23.7 Å². The van der Waals surface area contributed by atoms with Crippen LogP contribution in [0.25, 0.3) is 0 Å². The molecule has 5 nitrogen and oxygen atoms in total. The minimum absolute atomic E-state index is 0.0853. The Morgan fingerprint density at radius 2 is 2.26 bits per heavy atom. The molecule has 0 aliphatic carbocycles. The number of likely N-dealkylation sites (tertiary alicyclic amines) is 1. The molecule has 1 aliphatic rings. The maximum Gasteiger partial charge on any atom is 0.254 e. The first-order chi connectivity index (χ1) is 9.15. The highest BCUT2D eigenvalue weighted by atomic mass is 16.5. The van der Waals surface area contributed by atoms with Crippen molar-refractivity contribution < 1.29 is 19.4 Å². The largest absolute Gasteiger partial charge is 0.493 e. The van der Waals surface area contributed by atoms with Gasteiger partial charge in [-0.3, -0.25) is 4.79 Å². The minimum atomic E-state index is -0.409. The fourth-order valence-electron chi connectivity index (χ4n) is 2.18. The predicted molar refractivity (Wildman–Crippen MR) is 70.7 cm³/mol. The first-order valence-corrected chi connectivity index (χ1v) is 6.44. The normalized spacial score (nSPS) is 18.5. The molecule has 0 radical (unpaired) electrons. The van der Waals surface area contributed by atoms with Gasteiger partial charge in [0, 0.05) is 18.7 Å². The molecule has 1 unspecified atom stereocenters. The van der Waals surface area contributed by atoms with Crippen LogP contribution in [0.2, 0.25) is 0 Å². The number of aliphatic hydroxyl groups excluding tert-OH is 1. The van der Waals surface area contributed by atoms with Crippen LogP contribution >= 0.6 is 0 Å². The monoisotopic (exact) mass is 265 g/mol. The molecule has 0 bridgehead atoms. The molecule has 1 aromatic rings. The number of methoxy groups -OCH3 is 1. The summed E-state index contributed by atoms with van der Waals surface area (Å²) in [6.07, 6.45) is 0.230. The predicted octanol–water partition coefficient (Wildman–Crippen LogP) is 1.30. The highest BCUT2D eigenvalue weighted by Crippen LogP contribution is 2.29. The summed E-state index contributed by atoms with van der Waals surface area (Å²) in [5, 5.41) is 9.47. The van der Waals surface area contributed by atoms with Crippen molar-refractivity contribution in [1.82, 2.24) is 4.90 Å². The number of nitrogens with zero attached hydrogens (tertiary/aromatic N) is 1. The third-order valence-corrected chi connectivity index (χ3v) is 3.16. The molecule has 0 aromatic heterocycles. The minimum Gasteiger partial charge on any atom is -0.493 e. The fraction of sp³-hybridized carbons (Fsp3) is 0.500. The van der Waals surface area contributed by atoms with Crippen LogP contribution in [-0.2, 0) is 0 Å². The summed E-state index contributed by atoms with van der Waals surface area (Å²) in [5.41, 5.74) is 0.550. The van der Waals surface area contributed by atoms with Gasteiger partial charge in [0.1, 0.15) is 0 Å². The zero-order valence-corrected chi connectivity index (χ0v) is 11.3. The fourth-order valence-corrected chi connectivity index (χ4v) is 2.18. The number of ether oxygens (including phenoxy) is 2. The zero-order valence-electron chi connectivity index (χ0n) is 11.3. The zero-order chi connectivity index (χ0) is 13.8. The Morgan fingerprint density at radius 3 is 2.84 bits per heavy atom. The Hall–Kier alpha value is -1.75. The molecule has 1 amide bonds. The van der Waals surface area contributed by atoms with Gasteiger partial charge in [-0.05, 0) is 31.5 Å². The van der Waals surface area contributed by atoms with Crippen molar-refractivity contribution in [3.63, 3.8) is 0 Å². The lowest BCUT2D eigenvalue weighted by atomic mass is 10.1. The Bertz CT molecular complexity index is 461. The van der Waals surface area contributed by atoms with E-state index in [1.54, 1.807) is 30.2 Å². The number of rotatable bonds is 4. The molecule has 5 heteroatoms. The lowest BCUT2D eigenvalue weighted by Gasteiger charge is -2.17. The molecule has 1 aromatic carbocycles. The van der Waals surface area contributed by atoms with E-state index in [1.165, 1.54) is 0 Å². The average Bonchev–Trinajstić information content (AvgIpc) is 2.85. The SMILES string of the molecule is CCOc1ccc(C(=O)N2CCC(O)C2)cc1OC. The van der Waals surface area contributed by atoms with Gasteiger partial charge >= 0.3 is 0 Å². The smallest absolute Gasteiger partial charge is 0.254 e. The second-order valence-electron chi connectivity index (χ2n) is 4.49. The molecule has 1 atom stereocenters. The van der Waals surface area contributed by atoms with Crippen LogP contribution in [0.4, 0.5) is 0 Å². The maximum absolute atomic E-state index is 12.2. The molecule has 1 aliphatic heterocycles. The molecule has 0 spiro atoms. The third kappa shape index (κ3) is 2.98. The number of carbonyl (C=O) groups excluding carboxylic acids is 1. The summed E-state index contributed by atoms with van der Waals surface area (Å²) in [6.45, 7) is 3.43. The van der Waals surface area contributed by atoms with Gasteiger partial charge in [-0.15, -0.1) is 0 Å². The van der Waals surface area contributed by atoms with Crippen LogP contribution in [0.5, 0.6) is 11.5 Å². The van der Waals surface area contributed by atoms with E-state index in [-0.39, 0.29) is 5.91 Å². The molecule has 1 saturated heterocycles. The number of aliphatic hydroxyl groups is 1. The Kier molecular flexibility index (Phi) is 4.27. The Labute approximate surface area is 112 Å². The number of hydrogen-bond acceptors (Lipinski definition) is 4. The van der Waals surface area contributed by atoms with Crippen molar-refractivity contribution >= 4 is 5.91 Å². The molecule has 2 rings (SSSR count). The standard InChI is InChI=1S/C14H19NO4/c1-3-19-12-5-4-10(8-13(12)18-2)14(17)15-7-6-11(16)9-15/h4-5,8,11,16H,3,6-7,9H2,1-2H3. The van der Waals surface area contributed by atoms with Crippen molar-refractivity contribution in [3.05, 3.63) is 23.8 Å². The van der Waals surface area contributed by atoms with E-state index in [9.17, 15) is 9.90 Å². The van der Waals surface area contributed by atoms with Crippen molar-refractivity contribution in [1.29, 1.82) is 0 Å². The van der Waals surface area contributed by atoms with Crippen LogP contribution in [0.15, 0.2) is 18.2 Å². The van der Waals surface area contributed by atoms with Crippen molar-refractivity contribution in [3.8, 4) is 11.5 Å². The van der Waals surface area contributed by atoms with Crippen molar-refractivity contribution in [2.24, 2.45) is 0 Å². The highest BCUT2D eigenvalue weighted by Gasteiger charge is 2.25. The van der Waals surface area contributed by atoms with Gasteiger partial charge in [0.15, 0.2) is 11.5 Å². The van der Waals surface area contributed by atoms with Crippen LogP contribution in [0.3, 0.4) is 0 Å². The van der Waals surface area contributed by atoms with Crippen molar-refractivity contribution in [2.75, 3.05) is 26.8 Å². The number of hydrogen-bond donors (Lipinski definition) is 1. The first-order valence-electron chi connectivity index (χ1n) is 6.44. The summed E-state index contributed by atoms with van der Waals surface area (Å²) in [7, 11) is 1.55. The van der Waals surface area contributed by atoms with Crippen LogP contribution in [-0.4, -0.2) is 48.8 Å². The van der Waals surface area contributed by atoms with Gasteiger partial charge < -0.3 is 19.5 Å². The molecule has 1 fully saturated rings. The number of β-amino-alcohol motifs (C(OH)–C–C–N with tert-alkyl or cyclic N) is 1. The molecule has 19 heavy (non-hydrogen) atoms. The van der Waals surface area contributed by atoms with Gasteiger partial charge in [-0.1, -0.05) is 0 Å².